The van der Waals surface area contributed by atoms with E-state index in [0.29, 0.717) is 6.54 Å². The Morgan fingerprint density at radius 3 is 2.42 bits per heavy atom. The number of anilines is 1. The fourth-order valence-electron chi connectivity index (χ4n) is 1.97. The Morgan fingerprint density at radius 2 is 1.79 bits per heavy atom. The molecule has 0 saturated heterocycles. The first-order valence-corrected chi connectivity index (χ1v) is 6.43. The summed E-state index contributed by atoms with van der Waals surface area (Å²) in [6.07, 6.45) is 0.843. The van der Waals surface area contributed by atoms with E-state index >= 15 is 0 Å². The summed E-state index contributed by atoms with van der Waals surface area (Å²) in [6, 6.07) is 15.2. The maximum atomic E-state index is 12.2. The molecule has 0 unspecified atom stereocenters. The van der Waals surface area contributed by atoms with Crippen LogP contribution < -0.4 is 11.1 Å². The van der Waals surface area contributed by atoms with Crippen molar-refractivity contribution in [3.63, 3.8) is 0 Å². The molecule has 0 spiro atoms. The number of benzene rings is 2. The van der Waals surface area contributed by atoms with E-state index < -0.39 is 0 Å². The predicted octanol–water partition coefficient (Wildman–Crippen LogP) is 2.96. The predicted molar refractivity (Wildman–Crippen MR) is 78.1 cm³/mol. The van der Waals surface area contributed by atoms with E-state index in [2.05, 4.69) is 5.32 Å². The molecule has 0 aliphatic heterocycles. The number of carbonyl (C=O) groups excluding carboxylic acids is 1. The second-order valence-electron chi connectivity index (χ2n) is 4.37. The van der Waals surface area contributed by atoms with E-state index in [0.717, 1.165) is 28.8 Å². The van der Waals surface area contributed by atoms with Crippen LogP contribution in [0.15, 0.2) is 48.5 Å². The van der Waals surface area contributed by atoms with Gasteiger partial charge in [-0.3, -0.25) is 4.79 Å². The van der Waals surface area contributed by atoms with Crippen LogP contribution in [0.2, 0.25) is 0 Å². The minimum atomic E-state index is -0.0713. The maximum absolute atomic E-state index is 12.2. The van der Waals surface area contributed by atoms with Gasteiger partial charge in [0.15, 0.2) is 0 Å². The van der Waals surface area contributed by atoms with Crippen molar-refractivity contribution >= 4 is 11.6 Å². The third-order valence-electron chi connectivity index (χ3n) is 3.09. The molecule has 0 heterocycles. The van der Waals surface area contributed by atoms with Crippen molar-refractivity contribution in [1.82, 2.24) is 0 Å². The Hall–Kier alpha value is -2.13. The van der Waals surface area contributed by atoms with Gasteiger partial charge in [-0.2, -0.15) is 0 Å². The van der Waals surface area contributed by atoms with Crippen LogP contribution in [-0.4, -0.2) is 5.91 Å². The number of nitrogens with two attached hydrogens (primary N) is 1. The molecule has 3 nitrogen and oxygen atoms in total. The van der Waals surface area contributed by atoms with Gasteiger partial charge in [0, 0.05) is 17.8 Å². The molecule has 0 radical (unpaired) electrons. The molecule has 3 heteroatoms. The lowest BCUT2D eigenvalue weighted by molar-refractivity contribution is 0.102. The minimum Gasteiger partial charge on any atom is -0.326 e. The molecule has 98 valence electrons. The average molecular weight is 254 g/mol. The van der Waals surface area contributed by atoms with E-state index in [-0.39, 0.29) is 5.91 Å². The zero-order valence-electron chi connectivity index (χ0n) is 11.0. The van der Waals surface area contributed by atoms with Crippen LogP contribution in [0.5, 0.6) is 0 Å². The Bertz CT molecular complexity index is 561. The number of hydrogen-bond donors (Lipinski definition) is 2. The third-order valence-corrected chi connectivity index (χ3v) is 3.09. The number of hydrogen-bond acceptors (Lipinski definition) is 2. The van der Waals surface area contributed by atoms with E-state index in [1.54, 1.807) is 0 Å². The van der Waals surface area contributed by atoms with Gasteiger partial charge in [0.25, 0.3) is 5.91 Å². The molecule has 0 aromatic heterocycles. The lowest BCUT2D eigenvalue weighted by Gasteiger charge is -2.09. The van der Waals surface area contributed by atoms with Gasteiger partial charge < -0.3 is 11.1 Å². The largest absolute Gasteiger partial charge is 0.326 e. The van der Waals surface area contributed by atoms with Crippen LogP contribution >= 0.6 is 0 Å². The molecule has 2 aromatic rings. The van der Waals surface area contributed by atoms with Crippen molar-refractivity contribution in [3.05, 3.63) is 65.2 Å². The van der Waals surface area contributed by atoms with Crippen molar-refractivity contribution in [2.45, 2.75) is 19.9 Å². The maximum Gasteiger partial charge on any atom is 0.255 e. The highest BCUT2D eigenvalue weighted by Gasteiger charge is 2.09. The van der Waals surface area contributed by atoms with Crippen LogP contribution in [0, 0.1) is 0 Å². The summed E-state index contributed by atoms with van der Waals surface area (Å²) < 4.78 is 0. The summed E-state index contributed by atoms with van der Waals surface area (Å²) in [5.41, 5.74) is 9.16. The summed E-state index contributed by atoms with van der Waals surface area (Å²) in [5.74, 6) is -0.0713. The number of nitrogens with one attached hydrogen (secondary N) is 1. The molecular weight excluding hydrogens is 236 g/mol. The molecule has 3 N–H and O–H groups in total. The summed E-state index contributed by atoms with van der Waals surface area (Å²) in [7, 11) is 0. The monoisotopic (exact) mass is 254 g/mol. The van der Waals surface area contributed by atoms with Crippen LogP contribution in [-0.2, 0) is 13.0 Å². The summed E-state index contributed by atoms with van der Waals surface area (Å²) in [4.78, 5) is 12.2. The molecule has 1 amide bonds. The fraction of sp³-hybridized carbons (Fsp3) is 0.188. The smallest absolute Gasteiger partial charge is 0.255 e. The van der Waals surface area contributed by atoms with Gasteiger partial charge in [-0.25, -0.2) is 0 Å². The standard InChI is InChI=1S/C16H18N2O/c1-2-13-5-3-4-6-15(13)16(19)18-14-9-7-12(11-17)8-10-14/h3-10H,2,11,17H2,1H3,(H,18,19). The van der Waals surface area contributed by atoms with E-state index in [1.807, 2.05) is 55.5 Å². The Morgan fingerprint density at radius 1 is 1.11 bits per heavy atom. The van der Waals surface area contributed by atoms with Crippen LogP contribution in [0.25, 0.3) is 0 Å². The summed E-state index contributed by atoms with van der Waals surface area (Å²) in [6.45, 7) is 2.55. The molecule has 2 rings (SSSR count). The number of rotatable bonds is 4. The van der Waals surface area contributed by atoms with E-state index in [4.69, 9.17) is 5.73 Å². The van der Waals surface area contributed by atoms with Gasteiger partial charge in [-0.15, -0.1) is 0 Å². The van der Waals surface area contributed by atoms with Crippen molar-refractivity contribution in [1.29, 1.82) is 0 Å². The normalized spacial score (nSPS) is 10.2. The quantitative estimate of drug-likeness (QED) is 0.881. The Balaban J connectivity index is 2.16. The second-order valence-corrected chi connectivity index (χ2v) is 4.37. The fourth-order valence-corrected chi connectivity index (χ4v) is 1.97. The third kappa shape index (κ3) is 3.20. The van der Waals surface area contributed by atoms with E-state index in [1.165, 1.54) is 0 Å². The SMILES string of the molecule is CCc1ccccc1C(=O)Nc1ccc(CN)cc1. The molecule has 0 saturated carbocycles. The Kier molecular flexibility index (Phi) is 4.31. The zero-order valence-corrected chi connectivity index (χ0v) is 11.0. The first-order valence-electron chi connectivity index (χ1n) is 6.43. The lowest BCUT2D eigenvalue weighted by Crippen LogP contribution is -2.14. The minimum absolute atomic E-state index is 0.0713. The molecular formula is C16H18N2O. The molecule has 0 aliphatic carbocycles. The molecule has 0 atom stereocenters. The van der Waals surface area contributed by atoms with Gasteiger partial charge in [0.1, 0.15) is 0 Å². The zero-order chi connectivity index (χ0) is 13.7. The van der Waals surface area contributed by atoms with Gasteiger partial charge in [-0.1, -0.05) is 37.3 Å². The summed E-state index contributed by atoms with van der Waals surface area (Å²) in [5, 5.41) is 2.90. The van der Waals surface area contributed by atoms with Crippen molar-refractivity contribution in [2.75, 3.05) is 5.32 Å². The number of amides is 1. The van der Waals surface area contributed by atoms with Crippen molar-refractivity contribution in [2.24, 2.45) is 5.73 Å². The average Bonchev–Trinajstić information content (AvgIpc) is 2.48. The van der Waals surface area contributed by atoms with Gasteiger partial charge in [-0.05, 0) is 35.7 Å². The van der Waals surface area contributed by atoms with Gasteiger partial charge in [0.05, 0.1) is 0 Å². The topological polar surface area (TPSA) is 55.1 Å². The molecule has 2 aromatic carbocycles. The number of carbonyl (C=O) groups is 1. The van der Waals surface area contributed by atoms with Crippen LogP contribution in [0.4, 0.5) is 5.69 Å². The molecule has 0 aliphatic rings. The molecule has 0 fully saturated rings. The second kappa shape index (κ2) is 6.16. The first kappa shape index (κ1) is 13.3. The van der Waals surface area contributed by atoms with E-state index in [9.17, 15) is 4.79 Å². The molecule has 0 bridgehead atoms. The highest BCUT2D eigenvalue weighted by molar-refractivity contribution is 6.05. The molecule has 19 heavy (non-hydrogen) atoms. The van der Waals surface area contributed by atoms with Crippen molar-refractivity contribution < 1.29 is 4.79 Å². The highest BCUT2D eigenvalue weighted by Crippen LogP contribution is 2.14. The Labute approximate surface area is 113 Å². The number of aryl methyl sites for hydroxylation is 1. The highest BCUT2D eigenvalue weighted by atomic mass is 16.1. The summed E-state index contributed by atoms with van der Waals surface area (Å²) >= 11 is 0. The first-order chi connectivity index (χ1) is 9.24. The van der Waals surface area contributed by atoms with Crippen LogP contribution in [0.1, 0.15) is 28.4 Å². The van der Waals surface area contributed by atoms with Crippen LogP contribution in [0.3, 0.4) is 0 Å². The van der Waals surface area contributed by atoms with Gasteiger partial charge in [0.2, 0.25) is 0 Å². The van der Waals surface area contributed by atoms with Crippen molar-refractivity contribution in [3.8, 4) is 0 Å². The lowest BCUT2D eigenvalue weighted by atomic mass is 10.0. The van der Waals surface area contributed by atoms with Gasteiger partial charge >= 0.3 is 0 Å².